The third-order valence-electron chi connectivity index (χ3n) is 16.5. The first-order valence-corrected chi connectivity index (χ1v) is 39.2. The van der Waals surface area contributed by atoms with Gasteiger partial charge in [0, 0.05) is 25.7 Å². The van der Waals surface area contributed by atoms with Crippen molar-refractivity contribution in [2.24, 2.45) is 17.8 Å². The van der Waals surface area contributed by atoms with Crippen molar-refractivity contribution in [2.75, 3.05) is 39.6 Å². The van der Waals surface area contributed by atoms with Crippen LogP contribution in [0.15, 0.2) is 24.3 Å². The van der Waals surface area contributed by atoms with Crippen LogP contribution in [0.5, 0.6) is 0 Å². The quantitative estimate of drug-likeness (QED) is 0.0169. The molecule has 90 heavy (non-hydrogen) atoms. The molecule has 0 rings (SSSR count). The number of carbonyl (C=O) groups excluding carboxylic acids is 4. The van der Waals surface area contributed by atoms with Crippen LogP contribution in [0.4, 0.5) is 0 Å². The molecule has 17 nitrogen and oxygen atoms in total. The average Bonchev–Trinajstić information content (AvgIpc) is 3.71. The van der Waals surface area contributed by atoms with Crippen LogP contribution in [0.2, 0.25) is 0 Å². The van der Waals surface area contributed by atoms with Crippen molar-refractivity contribution in [3.05, 3.63) is 24.3 Å². The molecule has 0 aromatic carbocycles. The lowest BCUT2D eigenvalue weighted by Crippen LogP contribution is -2.30. The Labute approximate surface area is 548 Å². The van der Waals surface area contributed by atoms with E-state index in [1.165, 1.54) is 122 Å². The van der Waals surface area contributed by atoms with E-state index in [-0.39, 0.29) is 25.7 Å². The van der Waals surface area contributed by atoms with Crippen LogP contribution in [0.1, 0.15) is 331 Å². The Bertz CT molecular complexity index is 1860. The number of phosphoric acid groups is 2. The molecule has 0 radical (unpaired) electrons. The SMILES string of the molecule is CCCCCC/C=C\C=C/CCCCCCCC(=O)OC[C@H](COP(=O)(O)OCC(O)COP(=O)(O)OC[C@@H](COC(=O)CCCCCCCCCCC(C)C)OC(=O)CCCCCCCCC(C)CC)OC(=O)CCCCCCCCCCCCC(C)CC. The molecule has 7 atom stereocenters. The Hall–Kier alpha value is -2.46. The fourth-order valence-electron chi connectivity index (χ4n) is 10.1. The van der Waals surface area contributed by atoms with E-state index < -0.39 is 97.5 Å². The van der Waals surface area contributed by atoms with Crippen molar-refractivity contribution >= 4 is 39.5 Å². The maximum atomic E-state index is 13.0. The van der Waals surface area contributed by atoms with Crippen LogP contribution in [-0.2, 0) is 65.4 Å². The third-order valence-corrected chi connectivity index (χ3v) is 18.4. The number of aliphatic hydroxyl groups excluding tert-OH is 1. The van der Waals surface area contributed by atoms with E-state index in [9.17, 15) is 43.2 Å². The standard InChI is InChI=1S/C71H134O17P2/c1-8-11-12-13-14-15-16-17-18-19-20-24-30-38-45-52-68(73)81-58-66(87-70(75)54-47-40-32-25-22-21-23-29-36-43-50-63(6)9-2)60-85-89(77,78)83-56-65(72)57-84-90(79,80)86-61-67(88-71(76)55-48-41-34-33-37-44-51-64(7)10-3)59-82-69(74)53-46-39-31-27-26-28-35-42-49-62(4)5/h15-18,62-67,72H,8-14,19-61H2,1-7H3,(H,77,78)(H,79,80)/b16-15-,18-17-/t63?,64?,65?,66-,67-/m1/s1. The van der Waals surface area contributed by atoms with E-state index in [2.05, 4.69) is 72.8 Å². The zero-order valence-corrected chi connectivity index (χ0v) is 59.9. The third kappa shape index (κ3) is 61.7. The summed E-state index contributed by atoms with van der Waals surface area (Å²) in [6.07, 6.45) is 48.0. The molecule has 0 heterocycles. The highest BCUT2D eigenvalue weighted by Gasteiger charge is 2.30. The minimum atomic E-state index is -4.96. The number of unbranched alkanes of at least 4 members (excludes halogenated alkanes) is 30. The molecule has 3 N–H and O–H groups in total. The summed E-state index contributed by atoms with van der Waals surface area (Å²) in [4.78, 5) is 72.5. The summed E-state index contributed by atoms with van der Waals surface area (Å²) in [5.74, 6) is 0.0843. The predicted octanol–water partition coefficient (Wildman–Crippen LogP) is 19.8. The monoisotopic (exact) mass is 1320 g/mol. The summed E-state index contributed by atoms with van der Waals surface area (Å²) in [7, 11) is -9.91. The summed E-state index contributed by atoms with van der Waals surface area (Å²) < 4.78 is 68.3. The maximum absolute atomic E-state index is 13.0. The van der Waals surface area contributed by atoms with Crippen LogP contribution in [-0.4, -0.2) is 96.7 Å². The second-order valence-electron chi connectivity index (χ2n) is 25.9. The van der Waals surface area contributed by atoms with E-state index in [1.54, 1.807) is 0 Å². The number of ether oxygens (including phenoxy) is 4. The van der Waals surface area contributed by atoms with Gasteiger partial charge in [-0.1, -0.05) is 278 Å². The van der Waals surface area contributed by atoms with Crippen LogP contribution in [0.3, 0.4) is 0 Å². The van der Waals surface area contributed by atoms with Crippen molar-refractivity contribution < 1.29 is 80.2 Å². The predicted molar refractivity (Wildman–Crippen MR) is 363 cm³/mol. The van der Waals surface area contributed by atoms with Gasteiger partial charge >= 0.3 is 39.5 Å². The van der Waals surface area contributed by atoms with Gasteiger partial charge in [-0.15, -0.1) is 0 Å². The highest BCUT2D eigenvalue weighted by Crippen LogP contribution is 2.45. The minimum absolute atomic E-state index is 0.0987. The van der Waals surface area contributed by atoms with Crippen molar-refractivity contribution in [1.29, 1.82) is 0 Å². The molecule has 5 unspecified atom stereocenters. The first kappa shape index (κ1) is 87.5. The zero-order valence-electron chi connectivity index (χ0n) is 58.1. The number of carbonyl (C=O) groups is 4. The molecule has 0 fully saturated rings. The fraction of sp³-hybridized carbons (Fsp3) is 0.887. The van der Waals surface area contributed by atoms with E-state index in [0.29, 0.717) is 25.7 Å². The summed E-state index contributed by atoms with van der Waals surface area (Å²) in [5, 5.41) is 10.6. The Balaban J connectivity index is 5.29. The smallest absolute Gasteiger partial charge is 0.462 e. The van der Waals surface area contributed by atoms with E-state index in [0.717, 1.165) is 127 Å². The summed E-state index contributed by atoms with van der Waals surface area (Å²) >= 11 is 0. The largest absolute Gasteiger partial charge is 0.472 e. The highest BCUT2D eigenvalue weighted by atomic mass is 31.2. The first-order chi connectivity index (χ1) is 43.3. The molecule has 0 aliphatic heterocycles. The van der Waals surface area contributed by atoms with Crippen LogP contribution in [0, 0.1) is 17.8 Å². The van der Waals surface area contributed by atoms with Gasteiger partial charge in [-0.3, -0.25) is 37.3 Å². The topological polar surface area (TPSA) is 237 Å². The number of aliphatic hydroxyl groups is 1. The number of esters is 4. The van der Waals surface area contributed by atoms with E-state index >= 15 is 0 Å². The number of rotatable bonds is 67. The fourth-order valence-corrected chi connectivity index (χ4v) is 11.7. The highest BCUT2D eigenvalue weighted by molar-refractivity contribution is 7.47. The van der Waals surface area contributed by atoms with Gasteiger partial charge < -0.3 is 33.8 Å². The minimum Gasteiger partial charge on any atom is -0.462 e. The number of allylic oxidation sites excluding steroid dienone is 4. The van der Waals surface area contributed by atoms with Gasteiger partial charge in [-0.25, -0.2) is 9.13 Å². The first-order valence-electron chi connectivity index (χ1n) is 36.2. The molecule has 0 aliphatic rings. The molecular formula is C71H134O17P2. The summed E-state index contributed by atoms with van der Waals surface area (Å²) in [5.41, 5.74) is 0. The van der Waals surface area contributed by atoms with Gasteiger partial charge in [0.15, 0.2) is 12.2 Å². The van der Waals surface area contributed by atoms with Crippen molar-refractivity contribution in [3.8, 4) is 0 Å². The lowest BCUT2D eigenvalue weighted by molar-refractivity contribution is -0.161. The normalized spacial score (nSPS) is 15.0. The summed E-state index contributed by atoms with van der Waals surface area (Å²) in [6, 6.07) is 0. The summed E-state index contributed by atoms with van der Waals surface area (Å²) in [6.45, 7) is 11.7. The molecule has 0 saturated carbocycles. The average molecular weight is 1320 g/mol. The molecule has 0 saturated heterocycles. The van der Waals surface area contributed by atoms with Crippen molar-refractivity contribution in [1.82, 2.24) is 0 Å². The second-order valence-corrected chi connectivity index (χ2v) is 28.8. The van der Waals surface area contributed by atoms with Gasteiger partial charge in [0.2, 0.25) is 0 Å². The van der Waals surface area contributed by atoms with Crippen molar-refractivity contribution in [3.63, 3.8) is 0 Å². The van der Waals surface area contributed by atoms with E-state index in [4.69, 9.17) is 37.0 Å². The molecule has 0 spiro atoms. The lowest BCUT2D eigenvalue weighted by atomic mass is 9.99. The molecular weight excluding hydrogens is 1190 g/mol. The molecule has 0 aromatic heterocycles. The van der Waals surface area contributed by atoms with Crippen molar-refractivity contribution in [2.45, 2.75) is 349 Å². The number of hydrogen-bond donors (Lipinski definition) is 3. The maximum Gasteiger partial charge on any atom is 0.472 e. The van der Waals surface area contributed by atoms with Gasteiger partial charge in [0.05, 0.1) is 26.4 Å². The van der Waals surface area contributed by atoms with Gasteiger partial charge in [0.25, 0.3) is 0 Å². The number of hydrogen-bond acceptors (Lipinski definition) is 15. The Morgan fingerprint density at radius 2 is 0.656 bits per heavy atom. The van der Waals surface area contributed by atoms with Gasteiger partial charge in [0.1, 0.15) is 19.3 Å². The Morgan fingerprint density at radius 3 is 0.989 bits per heavy atom. The van der Waals surface area contributed by atoms with Crippen LogP contribution in [0.25, 0.3) is 0 Å². The Kier molecular flexibility index (Phi) is 59.7. The molecule has 19 heteroatoms. The molecule has 0 aliphatic carbocycles. The Morgan fingerprint density at radius 1 is 0.367 bits per heavy atom. The zero-order chi connectivity index (χ0) is 66.6. The lowest BCUT2D eigenvalue weighted by Gasteiger charge is -2.21. The molecule has 530 valence electrons. The van der Waals surface area contributed by atoms with Crippen LogP contribution >= 0.6 is 15.6 Å². The van der Waals surface area contributed by atoms with Gasteiger partial charge in [-0.05, 0) is 69.1 Å². The van der Waals surface area contributed by atoms with E-state index in [1.807, 2.05) is 0 Å². The second kappa shape index (κ2) is 61.4. The molecule has 0 aromatic rings. The van der Waals surface area contributed by atoms with Gasteiger partial charge in [-0.2, -0.15) is 0 Å². The molecule has 0 bridgehead atoms. The number of phosphoric ester groups is 2. The molecule has 0 amide bonds. The van der Waals surface area contributed by atoms with Crippen LogP contribution < -0.4 is 0 Å².